The number of nitrogens with one attached hydrogen (secondary N) is 1. The normalized spacial score (nSPS) is 21.6. The highest BCUT2D eigenvalue weighted by atomic mass is 16.4. The highest BCUT2D eigenvalue weighted by Gasteiger charge is 2.24. The van der Waals surface area contributed by atoms with Crippen LogP contribution in [0.5, 0.6) is 0 Å². The smallest absolute Gasteiger partial charge is 0.332 e. The number of rotatable bonds is 5. The van der Waals surface area contributed by atoms with E-state index >= 15 is 0 Å². The summed E-state index contributed by atoms with van der Waals surface area (Å²) in [6, 6.07) is 0.123. The summed E-state index contributed by atoms with van der Waals surface area (Å²) in [6.07, 6.45) is 3.91. The Morgan fingerprint density at radius 3 is 2.74 bits per heavy atom. The van der Waals surface area contributed by atoms with E-state index < -0.39 is 12.1 Å². The molecular formula is C13H24N2O4. The monoisotopic (exact) mass is 272 g/mol. The molecule has 0 bridgehead atoms. The first-order chi connectivity index (χ1) is 9.06. The number of aliphatic carboxylic acids is 1. The van der Waals surface area contributed by atoms with Crippen LogP contribution in [0.4, 0.5) is 4.79 Å². The first-order valence-electron chi connectivity index (χ1n) is 7.01. The maximum atomic E-state index is 12.1. The standard InChI is InChI=1S/C13H24N2O4/c1-2-10-6-4-3-5-9-15(10)13(19)14-8-7-11(16)12(17)18/h10-11,16H,2-9H2,1H3,(H,14,19)(H,17,18). The number of amides is 2. The van der Waals surface area contributed by atoms with E-state index in [4.69, 9.17) is 10.2 Å². The van der Waals surface area contributed by atoms with Gasteiger partial charge < -0.3 is 20.4 Å². The fourth-order valence-corrected chi connectivity index (χ4v) is 2.41. The second kappa shape index (κ2) is 7.99. The average Bonchev–Trinajstić information content (AvgIpc) is 2.63. The molecule has 0 aromatic rings. The SMILES string of the molecule is CCC1CCCCCN1C(=O)NCCC(O)C(=O)O. The number of aliphatic hydroxyl groups is 1. The van der Waals surface area contributed by atoms with Gasteiger partial charge in [0, 0.05) is 25.6 Å². The van der Waals surface area contributed by atoms with E-state index in [1.807, 2.05) is 4.90 Å². The summed E-state index contributed by atoms with van der Waals surface area (Å²) in [4.78, 5) is 24.4. The Bertz CT molecular complexity index is 309. The topological polar surface area (TPSA) is 89.9 Å². The summed E-state index contributed by atoms with van der Waals surface area (Å²) < 4.78 is 0. The van der Waals surface area contributed by atoms with E-state index in [9.17, 15) is 9.59 Å². The Hall–Kier alpha value is -1.30. The molecule has 0 aliphatic carbocycles. The maximum Gasteiger partial charge on any atom is 0.332 e. The highest BCUT2D eigenvalue weighted by molar-refractivity contribution is 5.75. The van der Waals surface area contributed by atoms with Crippen molar-refractivity contribution in [1.82, 2.24) is 10.2 Å². The van der Waals surface area contributed by atoms with Crippen molar-refractivity contribution in [2.24, 2.45) is 0 Å². The summed E-state index contributed by atoms with van der Waals surface area (Å²) in [5.74, 6) is -1.25. The lowest BCUT2D eigenvalue weighted by atomic mass is 10.1. The number of carboxylic acids is 1. The molecule has 19 heavy (non-hydrogen) atoms. The Balaban J connectivity index is 2.39. The van der Waals surface area contributed by atoms with E-state index in [1.165, 1.54) is 0 Å². The largest absolute Gasteiger partial charge is 0.479 e. The van der Waals surface area contributed by atoms with Gasteiger partial charge >= 0.3 is 12.0 Å². The molecule has 1 aliphatic heterocycles. The summed E-state index contributed by atoms with van der Waals surface area (Å²) >= 11 is 0. The van der Waals surface area contributed by atoms with Crippen LogP contribution >= 0.6 is 0 Å². The molecule has 6 nitrogen and oxygen atoms in total. The number of hydrogen-bond acceptors (Lipinski definition) is 3. The van der Waals surface area contributed by atoms with Crippen molar-refractivity contribution in [3.63, 3.8) is 0 Å². The molecule has 1 heterocycles. The Kier molecular flexibility index (Phi) is 6.62. The van der Waals surface area contributed by atoms with Crippen LogP contribution in [0.1, 0.15) is 45.4 Å². The lowest BCUT2D eigenvalue weighted by Crippen LogP contribution is -2.46. The van der Waals surface area contributed by atoms with Crippen LogP contribution in [-0.4, -0.2) is 52.3 Å². The van der Waals surface area contributed by atoms with Gasteiger partial charge in [-0.25, -0.2) is 9.59 Å². The Morgan fingerprint density at radius 1 is 1.37 bits per heavy atom. The van der Waals surface area contributed by atoms with Gasteiger partial charge in [-0.3, -0.25) is 0 Å². The second-order valence-corrected chi connectivity index (χ2v) is 4.98. The minimum atomic E-state index is -1.41. The van der Waals surface area contributed by atoms with E-state index in [-0.39, 0.29) is 25.0 Å². The van der Waals surface area contributed by atoms with Gasteiger partial charge in [-0.05, 0) is 19.3 Å². The van der Waals surface area contributed by atoms with Crippen LogP contribution in [0.3, 0.4) is 0 Å². The zero-order chi connectivity index (χ0) is 14.3. The molecule has 1 fully saturated rings. The number of aliphatic hydroxyl groups excluding tert-OH is 1. The number of carbonyl (C=O) groups is 2. The third-order valence-electron chi connectivity index (χ3n) is 3.59. The predicted octanol–water partition coefficient (Wildman–Crippen LogP) is 1.19. The molecule has 0 radical (unpaired) electrons. The number of urea groups is 1. The van der Waals surface area contributed by atoms with Crippen LogP contribution < -0.4 is 5.32 Å². The number of likely N-dealkylation sites (tertiary alicyclic amines) is 1. The first-order valence-corrected chi connectivity index (χ1v) is 7.01. The molecule has 1 rings (SSSR count). The minimum Gasteiger partial charge on any atom is -0.479 e. The fourth-order valence-electron chi connectivity index (χ4n) is 2.41. The van der Waals surface area contributed by atoms with Crippen LogP contribution in [0, 0.1) is 0 Å². The van der Waals surface area contributed by atoms with Crippen molar-refractivity contribution < 1.29 is 19.8 Å². The minimum absolute atomic E-state index is 0.0334. The number of nitrogens with zero attached hydrogens (tertiary/aromatic N) is 1. The quantitative estimate of drug-likeness (QED) is 0.701. The Labute approximate surface area is 113 Å². The molecule has 1 aliphatic rings. The number of carbonyl (C=O) groups excluding carboxylic acids is 1. The van der Waals surface area contributed by atoms with Gasteiger partial charge in [0.05, 0.1) is 0 Å². The van der Waals surface area contributed by atoms with Gasteiger partial charge in [0.15, 0.2) is 6.10 Å². The molecule has 1 saturated heterocycles. The third-order valence-corrected chi connectivity index (χ3v) is 3.59. The van der Waals surface area contributed by atoms with Gasteiger partial charge in [0.1, 0.15) is 0 Å². The van der Waals surface area contributed by atoms with Gasteiger partial charge in [0.2, 0.25) is 0 Å². The zero-order valence-corrected chi connectivity index (χ0v) is 11.5. The summed E-state index contributed by atoms with van der Waals surface area (Å²) in [5, 5.41) is 20.4. The van der Waals surface area contributed by atoms with Crippen molar-refractivity contribution in [1.29, 1.82) is 0 Å². The second-order valence-electron chi connectivity index (χ2n) is 4.98. The van der Waals surface area contributed by atoms with Gasteiger partial charge in [-0.15, -0.1) is 0 Å². The van der Waals surface area contributed by atoms with Crippen LogP contribution in [0.2, 0.25) is 0 Å². The lowest BCUT2D eigenvalue weighted by Gasteiger charge is -2.29. The number of hydrogen-bond donors (Lipinski definition) is 3. The summed E-state index contributed by atoms with van der Waals surface area (Å²) in [5.41, 5.74) is 0. The maximum absolute atomic E-state index is 12.1. The van der Waals surface area contributed by atoms with E-state index in [1.54, 1.807) is 0 Å². The van der Waals surface area contributed by atoms with Crippen molar-refractivity contribution in [3.8, 4) is 0 Å². The molecule has 0 saturated carbocycles. The van der Waals surface area contributed by atoms with Gasteiger partial charge in [-0.2, -0.15) is 0 Å². The molecular weight excluding hydrogens is 248 g/mol. The van der Waals surface area contributed by atoms with Crippen molar-refractivity contribution >= 4 is 12.0 Å². The molecule has 6 heteroatoms. The first kappa shape index (κ1) is 15.8. The van der Waals surface area contributed by atoms with E-state index in [2.05, 4.69) is 12.2 Å². The van der Waals surface area contributed by atoms with Crippen LogP contribution in [0.15, 0.2) is 0 Å². The molecule has 2 amide bonds. The third kappa shape index (κ3) is 5.06. The van der Waals surface area contributed by atoms with E-state index in [0.29, 0.717) is 0 Å². The molecule has 110 valence electrons. The molecule has 2 atom stereocenters. The molecule has 0 aromatic carbocycles. The predicted molar refractivity (Wildman–Crippen MR) is 70.9 cm³/mol. The fraction of sp³-hybridized carbons (Fsp3) is 0.846. The van der Waals surface area contributed by atoms with Gasteiger partial charge in [0.25, 0.3) is 0 Å². The lowest BCUT2D eigenvalue weighted by molar-refractivity contribution is -0.146. The average molecular weight is 272 g/mol. The highest BCUT2D eigenvalue weighted by Crippen LogP contribution is 2.18. The molecule has 2 unspecified atom stereocenters. The zero-order valence-electron chi connectivity index (χ0n) is 11.5. The van der Waals surface area contributed by atoms with E-state index in [0.717, 1.165) is 38.6 Å². The van der Waals surface area contributed by atoms with Crippen molar-refractivity contribution in [2.45, 2.75) is 57.6 Å². The molecule has 0 aromatic heterocycles. The molecule has 0 spiro atoms. The number of carboxylic acid groups (broad SMARTS) is 1. The van der Waals surface area contributed by atoms with Gasteiger partial charge in [-0.1, -0.05) is 19.8 Å². The van der Waals surface area contributed by atoms with Crippen LogP contribution in [0.25, 0.3) is 0 Å². The molecule has 3 N–H and O–H groups in total. The Morgan fingerprint density at radius 2 is 2.11 bits per heavy atom. The summed E-state index contributed by atoms with van der Waals surface area (Å²) in [6.45, 7) is 3.01. The summed E-state index contributed by atoms with van der Waals surface area (Å²) in [7, 11) is 0. The van der Waals surface area contributed by atoms with Crippen LogP contribution in [-0.2, 0) is 4.79 Å². The van der Waals surface area contributed by atoms with Crippen molar-refractivity contribution in [2.75, 3.05) is 13.1 Å². The van der Waals surface area contributed by atoms with Crippen molar-refractivity contribution in [3.05, 3.63) is 0 Å².